The maximum absolute atomic E-state index is 13.4. The highest BCUT2D eigenvalue weighted by atomic mass is 35.5. The van der Waals surface area contributed by atoms with Crippen molar-refractivity contribution < 1.29 is 28.3 Å². The molecule has 0 saturated carbocycles. The van der Waals surface area contributed by atoms with E-state index in [1.165, 1.54) is 4.90 Å². The Morgan fingerprint density at radius 2 is 2.00 bits per heavy atom. The van der Waals surface area contributed by atoms with Crippen molar-refractivity contribution in [1.29, 1.82) is 0 Å². The zero-order chi connectivity index (χ0) is 27.6. The standard InChI is InChI=1S/C27H37ClFN3O5/c1-18(30)31-12-6-9-19(24(34)16-29)14-23(33)22-11-7-13-32(22)26(36)27(2,3)15-25(35)37-17-20-8-4-5-10-21(20)28/h4-5,8,10,19,22,31H,1,6-7,9,11-17,30H2,2-3H3/t19-,22+/m1/s1. The van der Waals surface area contributed by atoms with Crippen LogP contribution in [-0.4, -0.2) is 54.1 Å². The summed E-state index contributed by atoms with van der Waals surface area (Å²) >= 11 is 6.10. The first kappa shape index (κ1) is 30.3. The Balaban J connectivity index is 1.98. The van der Waals surface area contributed by atoms with Crippen LogP contribution in [0.5, 0.6) is 0 Å². The Kier molecular flexibility index (Phi) is 11.6. The molecule has 10 heteroatoms. The molecular weight excluding hydrogens is 501 g/mol. The molecule has 204 valence electrons. The monoisotopic (exact) mass is 537 g/mol. The smallest absolute Gasteiger partial charge is 0.307 e. The van der Waals surface area contributed by atoms with Gasteiger partial charge in [0.1, 0.15) is 13.3 Å². The summed E-state index contributed by atoms with van der Waals surface area (Å²) in [4.78, 5) is 52.7. The number of nitrogens with zero attached hydrogens (tertiary/aromatic N) is 1. The molecule has 1 aliphatic rings. The molecule has 0 aliphatic carbocycles. The highest BCUT2D eigenvalue weighted by Gasteiger charge is 2.42. The summed E-state index contributed by atoms with van der Waals surface area (Å²) in [6.45, 7) is 6.48. The van der Waals surface area contributed by atoms with Crippen molar-refractivity contribution >= 4 is 35.0 Å². The predicted octanol–water partition coefficient (Wildman–Crippen LogP) is 3.70. The molecule has 0 unspecified atom stereocenters. The third-order valence-corrected chi connectivity index (χ3v) is 6.88. The van der Waals surface area contributed by atoms with Gasteiger partial charge in [-0.25, -0.2) is 4.39 Å². The molecule has 1 aromatic rings. The average Bonchev–Trinajstić information content (AvgIpc) is 3.33. The molecule has 2 atom stereocenters. The van der Waals surface area contributed by atoms with E-state index in [4.69, 9.17) is 22.1 Å². The van der Waals surface area contributed by atoms with Crippen molar-refractivity contribution in [1.82, 2.24) is 10.2 Å². The summed E-state index contributed by atoms with van der Waals surface area (Å²) in [6.07, 6.45) is 1.61. The molecule has 0 spiro atoms. The minimum Gasteiger partial charge on any atom is -0.461 e. The van der Waals surface area contributed by atoms with Gasteiger partial charge in [-0.15, -0.1) is 0 Å². The average molecular weight is 538 g/mol. The van der Waals surface area contributed by atoms with Gasteiger partial charge in [0.2, 0.25) is 5.91 Å². The zero-order valence-electron chi connectivity index (χ0n) is 21.6. The van der Waals surface area contributed by atoms with Gasteiger partial charge in [-0.1, -0.05) is 50.2 Å². The number of alkyl halides is 1. The fourth-order valence-corrected chi connectivity index (χ4v) is 4.65. The van der Waals surface area contributed by atoms with Crippen molar-refractivity contribution in [2.45, 2.75) is 65.0 Å². The van der Waals surface area contributed by atoms with Crippen molar-refractivity contribution in [2.75, 3.05) is 19.8 Å². The van der Waals surface area contributed by atoms with Gasteiger partial charge in [0.15, 0.2) is 11.6 Å². The molecule has 1 heterocycles. The summed E-state index contributed by atoms with van der Waals surface area (Å²) in [5, 5.41) is 3.32. The number of esters is 1. The molecule has 1 saturated heterocycles. The number of ether oxygens (including phenoxy) is 1. The van der Waals surface area contributed by atoms with E-state index in [9.17, 15) is 23.6 Å². The minimum atomic E-state index is -1.15. The van der Waals surface area contributed by atoms with Crippen LogP contribution >= 0.6 is 11.6 Å². The van der Waals surface area contributed by atoms with Crippen LogP contribution in [0.3, 0.4) is 0 Å². The Morgan fingerprint density at radius 3 is 2.65 bits per heavy atom. The van der Waals surface area contributed by atoms with Gasteiger partial charge in [0.05, 0.1) is 23.7 Å². The number of carbonyl (C=O) groups excluding carboxylic acids is 4. The van der Waals surface area contributed by atoms with Crippen molar-refractivity contribution in [3.8, 4) is 0 Å². The first-order valence-electron chi connectivity index (χ1n) is 12.5. The number of benzene rings is 1. The van der Waals surface area contributed by atoms with Gasteiger partial charge in [-0.3, -0.25) is 19.2 Å². The second-order valence-electron chi connectivity index (χ2n) is 10.0. The second-order valence-corrected chi connectivity index (χ2v) is 10.4. The molecular formula is C27H37ClFN3O5. The highest BCUT2D eigenvalue weighted by Crippen LogP contribution is 2.31. The minimum absolute atomic E-state index is 0.00744. The number of hydrogen-bond donors (Lipinski definition) is 2. The third kappa shape index (κ3) is 9.14. The van der Waals surface area contributed by atoms with Crippen molar-refractivity contribution in [3.05, 3.63) is 47.3 Å². The molecule has 0 bridgehead atoms. The van der Waals surface area contributed by atoms with Crippen LogP contribution < -0.4 is 11.1 Å². The lowest BCUT2D eigenvalue weighted by molar-refractivity contribution is -0.154. The third-order valence-electron chi connectivity index (χ3n) is 6.51. The summed E-state index contributed by atoms with van der Waals surface area (Å²) < 4.78 is 18.5. The Hall–Kier alpha value is -2.94. The Morgan fingerprint density at radius 1 is 1.30 bits per heavy atom. The molecule has 1 aromatic carbocycles. The normalized spacial score (nSPS) is 16.2. The van der Waals surface area contributed by atoms with Gasteiger partial charge < -0.3 is 20.7 Å². The Labute approximate surface area is 222 Å². The summed E-state index contributed by atoms with van der Waals surface area (Å²) in [7, 11) is 0. The first-order valence-corrected chi connectivity index (χ1v) is 12.8. The van der Waals surface area contributed by atoms with E-state index in [1.54, 1.807) is 38.1 Å². The van der Waals surface area contributed by atoms with E-state index < -0.39 is 35.8 Å². The molecule has 8 nitrogen and oxygen atoms in total. The first-order chi connectivity index (χ1) is 17.5. The maximum atomic E-state index is 13.4. The van der Waals surface area contributed by atoms with Crippen LogP contribution in [0.25, 0.3) is 0 Å². The molecule has 1 aliphatic heterocycles. The van der Waals surface area contributed by atoms with E-state index in [0.717, 1.165) is 0 Å². The largest absolute Gasteiger partial charge is 0.461 e. The van der Waals surface area contributed by atoms with Gasteiger partial charge in [-0.2, -0.15) is 0 Å². The van der Waals surface area contributed by atoms with Gasteiger partial charge in [0, 0.05) is 36.0 Å². The number of Topliss-reactive ketones (excluding diaryl/α,β-unsaturated/α-hetero) is 2. The van der Waals surface area contributed by atoms with Gasteiger partial charge in [0.25, 0.3) is 0 Å². The topological polar surface area (TPSA) is 119 Å². The molecule has 2 rings (SSSR count). The quantitative estimate of drug-likeness (QED) is 0.258. The van der Waals surface area contributed by atoms with E-state index in [-0.39, 0.29) is 31.1 Å². The van der Waals surface area contributed by atoms with Gasteiger partial charge >= 0.3 is 5.97 Å². The summed E-state index contributed by atoms with van der Waals surface area (Å²) in [5.74, 6) is -2.27. The van der Waals surface area contributed by atoms with E-state index in [1.807, 2.05) is 0 Å². The lowest BCUT2D eigenvalue weighted by Crippen LogP contribution is -2.47. The lowest BCUT2D eigenvalue weighted by atomic mass is 9.86. The molecule has 0 aromatic heterocycles. The number of likely N-dealkylation sites (tertiary alicyclic amines) is 1. The number of halogens is 2. The number of carbonyl (C=O) groups is 4. The summed E-state index contributed by atoms with van der Waals surface area (Å²) in [6, 6.07) is 6.30. The highest BCUT2D eigenvalue weighted by molar-refractivity contribution is 6.31. The van der Waals surface area contributed by atoms with Crippen molar-refractivity contribution in [2.24, 2.45) is 17.1 Å². The maximum Gasteiger partial charge on any atom is 0.307 e. The number of nitrogens with one attached hydrogen (secondary N) is 1. The summed E-state index contributed by atoms with van der Waals surface area (Å²) in [5.41, 5.74) is 5.01. The van der Waals surface area contributed by atoms with Crippen LogP contribution in [0, 0.1) is 11.3 Å². The molecule has 1 fully saturated rings. The van der Waals surface area contributed by atoms with Crippen LogP contribution in [0.4, 0.5) is 4.39 Å². The number of amides is 1. The Bertz CT molecular complexity index is 1000. The van der Waals surface area contributed by atoms with Crippen LogP contribution in [0.2, 0.25) is 5.02 Å². The fraction of sp³-hybridized carbons (Fsp3) is 0.556. The van der Waals surface area contributed by atoms with E-state index in [2.05, 4.69) is 11.9 Å². The van der Waals surface area contributed by atoms with E-state index >= 15 is 0 Å². The lowest BCUT2D eigenvalue weighted by Gasteiger charge is -2.32. The predicted molar refractivity (Wildman–Crippen MR) is 139 cm³/mol. The van der Waals surface area contributed by atoms with Crippen molar-refractivity contribution in [3.63, 3.8) is 0 Å². The SMILES string of the molecule is C=C(N)NCCC[C@H](CC(=O)[C@@H]1CCCN1C(=O)C(C)(C)CC(=O)OCc1ccccc1Cl)C(=O)CF. The van der Waals surface area contributed by atoms with Gasteiger partial charge in [-0.05, 0) is 31.7 Å². The number of nitrogens with two attached hydrogens (primary N) is 1. The van der Waals surface area contributed by atoms with Crippen LogP contribution in [0.15, 0.2) is 36.7 Å². The number of ketones is 2. The second kappa shape index (κ2) is 14.1. The molecule has 3 N–H and O–H groups in total. The van der Waals surface area contributed by atoms with Crippen LogP contribution in [-0.2, 0) is 30.5 Å². The van der Waals surface area contributed by atoms with Crippen LogP contribution in [0.1, 0.15) is 57.9 Å². The zero-order valence-corrected chi connectivity index (χ0v) is 22.3. The number of rotatable bonds is 15. The van der Waals surface area contributed by atoms with E-state index in [0.29, 0.717) is 55.2 Å². The fourth-order valence-electron chi connectivity index (χ4n) is 4.46. The number of hydrogen-bond acceptors (Lipinski definition) is 7. The molecule has 37 heavy (non-hydrogen) atoms. The molecule has 1 amide bonds. The molecule has 0 radical (unpaired) electrons.